The van der Waals surface area contributed by atoms with Crippen LogP contribution in [0.5, 0.6) is 0 Å². The van der Waals surface area contributed by atoms with E-state index in [2.05, 4.69) is 16.4 Å². The number of halogens is 1. The van der Waals surface area contributed by atoms with Crippen molar-refractivity contribution >= 4 is 28.6 Å². The summed E-state index contributed by atoms with van der Waals surface area (Å²) in [4.78, 5) is 15.0. The highest BCUT2D eigenvalue weighted by Gasteiger charge is 2.18. The SMILES string of the molecule is C[C@@H](Cc1cc2ccc(Cl)cc2[nH]1)NC(=O)OC(C)(C)C. The summed E-state index contributed by atoms with van der Waals surface area (Å²) in [5.41, 5.74) is 1.57. The first-order valence-corrected chi connectivity index (χ1v) is 7.37. The van der Waals surface area contributed by atoms with Gasteiger partial charge in [0.05, 0.1) is 0 Å². The van der Waals surface area contributed by atoms with Crippen LogP contribution in [0, 0.1) is 0 Å². The van der Waals surface area contributed by atoms with Gasteiger partial charge in [-0.3, -0.25) is 0 Å². The number of carbonyl (C=O) groups excluding carboxylic acids is 1. The molecule has 0 radical (unpaired) electrons. The lowest BCUT2D eigenvalue weighted by Gasteiger charge is -2.21. The molecule has 2 N–H and O–H groups in total. The van der Waals surface area contributed by atoms with Crippen molar-refractivity contribution in [2.24, 2.45) is 0 Å². The van der Waals surface area contributed by atoms with E-state index in [0.717, 1.165) is 16.6 Å². The van der Waals surface area contributed by atoms with Gasteiger partial charge < -0.3 is 15.0 Å². The zero-order valence-corrected chi connectivity index (χ0v) is 13.5. The molecule has 1 atom stereocenters. The van der Waals surface area contributed by atoms with Gasteiger partial charge in [-0.15, -0.1) is 0 Å². The van der Waals surface area contributed by atoms with Gasteiger partial charge in [0.15, 0.2) is 0 Å². The Morgan fingerprint density at radius 3 is 2.76 bits per heavy atom. The van der Waals surface area contributed by atoms with Crippen LogP contribution in [0.2, 0.25) is 5.02 Å². The van der Waals surface area contributed by atoms with Crippen LogP contribution in [0.15, 0.2) is 24.3 Å². The third-order valence-corrected chi connectivity index (χ3v) is 3.16. The molecule has 21 heavy (non-hydrogen) atoms. The quantitative estimate of drug-likeness (QED) is 0.889. The first kappa shape index (κ1) is 15.7. The Balaban J connectivity index is 1.98. The predicted octanol–water partition coefficient (Wildman–Crippen LogP) is 4.28. The summed E-state index contributed by atoms with van der Waals surface area (Å²) in [7, 11) is 0. The van der Waals surface area contributed by atoms with Gasteiger partial charge in [0.25, 0.3) is 0 Å². The Hall–Kier alpha value is -1.68. The van der Waals surface area contributed by atoms with Crippen molar-refractivity contribution in [3.8, 4) is 0 Å². The van der Waals surface area contributed by atoms with Crippen LogP contribution in [0.25, 0.3) is 10.9 Å². The van der Waals surface area contributed by atoms with Crippen molar-refractivity contribution in [3.63, 3.8) is 0 Å². The monoisotopic (exact) mass is 308 g/mol. The van der Waals surface area contributed by atoms with Crippen LogP contribution in [0.1, 0.15) is 33.4 Å². The van der Waals surface area contributed by atoms with E-state index in [4.69, 9.17) is 16.3 Å². The second kappa shape index (κ2) is 5.98. The Labute approximate surface area is 129 Å². The highest BCUT2D eigenvalue weighted by Crippen LogP contribution is 2.20. The number of amides is 1. The van der Waals surface area contributed by atoms with Crippen LogP contribution in [0.3, 0.4) is 0 Å². The van der Waals surface area contributed by atoms with Gasteiger partial charge in [-0.2, -0.15) is 0 Å². The van der Waals surface area contributed by atoms with Crippen molar-refractivity contribution in [1.82, 2.24) is 10.3 Å². The zero-order chi connectivity index (χ0) is 15.6. The number of nitrogens with one attached hydrogen (secondary N) is 2. The highest BCUT2D eigenvalue weighted by atomic mass is 35.5. The summed E-state index contributed by atoms with van der Waals surface area (Å²) in [5.74, 6) is 0. The van der Waals surface area contributed by atoms with E-state index in [9.17, 15) is 4.79 Å². The number of aromatic amines is 1. The maximum atomic E-state index is 11.7. The Morgan fingerprint density at radius 1 is 1.38 bits per heavy atom. The van der Waals surface area contributed by atoms with Crippen molar-refractivity contribution in [2.75, 3.05) is 0 Å². The number of fused-ring (bicyclic) bond motifs is 1. The minimum Gasteiger partial charge on any atom is -0.444 e. The topological polar surface area (TPSA) is 54.1 Å². The Morgan fingerprint density at radius 2 is 2.10 bits per heavy atom. The second-order valence-corrected chi connectivity index (χ2v) is 6.71. The molecule has 5 heteroatoms. The molecule has 1 amide bonds. The first-order valence-electron chi connectivity index (χ1n) is 6.99. The molecule has 1 heterocycles. The molecule has 0 unspecified atom stereocenters. The summed E-state index contributed by atoms with van der Waals surface area (Å²) in [6.45, 7) is 7.48. The van der Waals surface area contributed by atoms with Gasteiger partial charge in [-0.25, -0.2) is 4.79 Å². The van der Waals surface area contributed by atoms with E-state index in [1.807, 2.05) is 45.9 Å². The van der Waals surface area contributed by atoms with E-state index in [1.165, 1.54) is 0 Å². The summed E-state index contributed by atoms with van der Waals surface area (Å²) >= 11 is 5.97. The number of H-pyrrole nitrogens is 1. The molecule has 0 spiro atoms. The van der Waals surface area contributed by atoms with Crippen LogP contribution in [-0.2, 0) is 11.2 Å². The first-order chi connectivity index (χ1) is 9.73. The minimum absolute atomic E-state index is 0.0246. The van der Waals surface area contributed by atoms with E-state index in [-0.39, 0.29) is 6.04 Å². The Kier molecular flexibility index (Phi) is 4.47. The molecule has 4 nitrogen and oxygen atoms in total. The molecule has 1 aromatic carbocycles. The average Bonchev–Trinajstić information content (AvgIpc) is 2.66. The smallest absolute Gasteiger partial charge is 0.407 e. The number of rotatable bonds is 3. The van der Waals surface area contributed by atoms with E-state index >= 15 is 0 Å². The molecule has 0 aliphatic heterocycles. The fraction of sp³-hybridized carbons (Fsp3) is 0.438. The molecule has 0 saturated heterocycles. The fourth-order valence-electron chi connectivity index (χ4n) is 2.16. The third-order valence-electron chi connectivity index (χ3n) is 2.93. The van der Waals surface area contributed by atoms with E-state index in [1.54, 1.807) is 0 Å². The summed E-state index contributed by atoms with van der Waals surface area (Å²) in [6.07, 6.45) is 0.306. The minimum atomic E-state index is -0.484. The molecular formula is C16H21ClN2O2. The maximum Gasteiger partial charge on any atom is 0.407 e. The molecule has 0 bridgehead atoms. The number of carbonyl (C=O) groups is 1. The molecular weight excluding hydrogens is 288 g/mol. The zero-order valence-electron chi connectivity index (χ0n) is 12.8. The fourth-order valence-corrected chi connectivity index (χ4v) is 2.33. The van der Waals surface area contributed by atoms with Crippen molar-refractivity contribution in [2.45, 2.75) is 45.8 Å². The largest absolute Gasteiger partial charge is 0.444 e. The molecule has 2 aromatic rings. The van der Waals surface area contributed by atoms with E-state index < -0.39 is 11.7 Å². The number of hydrogen-bond acceptors (Lipinski definition) is 2. The predicted molar refractivity (Wildman–Crippen MR) is 85.8 cm³/mol. The number of aromatic nitrogens is 1. The molecule has 0 fully saturated rings. The molecule has 2 rings (SSSR count). The van der Waals surface area contributed by atoms with Crippen LogP contribution in [-0.4, -0.2) is 22.7 Å². The summed E-state index contributed by atoms with van der Waals surface area (Å²) in [5, 5.41) is 4.65. The summed E-state index contributed by atoms with van der Waals surface area (Å²) < 4.78 is 5.24. The van der Waals surface area contributed by atoms with Gasteiger partial charge >= 0.3 is 6.09 Å². The lowest BCUT2D eigenvalue weighted by atomic mass is 10.2. The lowest BCUT2D eigenvalue weighted by molar-refractivity contribution is 0.0508. The van der Waals surface area contributed by atoms with Gasteiger partial charge in [0.1, 0.15) is 5.60 Å². The van der Waals surface area contributed by atoms with Crippen LogP contribution < -0.4 is 5.32 Å². The third kappa shape index (κ3) is 4.67. The molecule has 0 aliphatic carbocycles. The van der Waals surface area contributed by atoms with Gasteiger partial charge in [-0.1, -0.05) is 17.7 Å². The van der Waals surface area contributed by atoms with Crippen LogP contribution >= 0.6 is 11.6 Å². The Bertz CT molecular complexity index is 643. The second-order valence-electron chi connectivity index (χ2n) is 6.28. The molecule has 114 valence electrons. The van der Waals surface area contributed by atoms with Gasteiger partial charge in [-0.05, 0) is 51.3 Å². The highest BCUT2D eigenvalue weighted by molar-refractivity contribution is 6.31. The van der Waals surface area contributed by atoms with Crippen molar-refractivity contribution < 1.29 is 9.53 Å². The number of ether oxygens (including phenoxy) is 1. The summed E-state index contributed by atoms with van der Waals surface area (Å²) in [6, 6.07) is 7.78. The number of alkyl carbamates (subject to hydrolysis) is 1. The van der Waals surface area contributed by atoms with Crippen molar-refractivity contribution in [1.29, 1.82) is 0 Å². The van der Waals surface area contributed by atoms with Crippen molar-refractivity contribution in [3.05, 3.63) is 35.0 Å². The average molecular weight is 309 g/mol. The standard InChI is InChI=1S/C16H21ClN2O2/c1-10(18-15(20)21-16(2,3)4)7-13-8-11-5-6-12(17)9-14(11)19-13/h5-6,8-10,19H,7H2,1-4H3,(H,18,20)/t10-/m0/s1. The van der Waals surface area contributed by atoms with Crippen LogP contribution in [0.4, 0.5) is 4.79 Å². The number of benzene rings is 1. The lowest BCUT2D eigenvalue weighted by Crippen LogP contribution is -2.38. The number of hydrogen-bond donors (Lipinski definition) is 2. The molecule has 1 aromatic heterocycles. The molecule has 0 saturated carbocycles. The maximum absolute atomic E-state index is 11.7. The van der Waals surface area contributed by atoms with Gasteiger partial charge in [0, 0.05) is 28.7 Å². The molecule has 0 aliphatic rings. The van der Waals surface area contributed by atoms with E-state index in [0.29, 0.717) is 11.4 Å². The van der Waals surface area contributed by atoms with Gasteiger partial charge in [0.2, 0.25) is 0 Å². The normalized spacial score (nSPS) is 13.2.